The standard InChI is InChI=1S/C12H14N2O6/c1-2-4-12(19)7(6-15)20-10(9(12)17)14-5-3-8(16)13-11(14)18/h1,3,5,7,9-10,15,17,19H,4,6H2,(H,13,16,18)/t7-,9+,10-,12+/m1/s1. The Labute approximate surface area is 113 Å². The minimum Gasteiger partial charge on any atom is -0.394 e. The van der Waals surface area contributed by atoms with Crippen LogP contribution in [-0.4, -0.2) is 49.3 Å². The molecular weight excluding hydrogens is 268 g/mol. The Morgan fingerprint density at radius 3 is 2.80 bits per heavy atom. The molecule has 1 aromatic heterocycles. The summed E-state index contributed by atoms with van der Waals surface area (Å²) in [5.74, 6) is 2.19. The second-order valence-electron chi connectivity index (χ2n) is 4.53. The van der Waals surface area contributed by atoms with Crippen LogP contribution in [0.25, 0.3) is 0 Å². The number of aliphatic hydroxyl groups excluding tert-OH is 2. The quantitative estimate of drug-likeness (QED) is 0.456. The lowest BCUT2D eigenvalue weighted by molar-refractivity contribution is -0.0892. The molecule has 1 saturated heterocycles. The molecule has 4 N–H and O–H groups in total. The van der Waals surface area contributed by atoms with E-state index in [0.29, 0.717) is 0 Å². The molecule has 0 saturated carbocycles. The SMILES string of the molecule is C#CC[C@]1(O)[C@@H](CO)O[C@@H](n2ccc(=O)[nH]c2=O)[C@@H]1O. The molecule has 0 amide bonds. The molecule has 8 nitrogen and oxygen atoms in total. The fourth-order valence-corrected chi connectivity index (χ4v) is 2.23. The molecule has 0 unspecified atom stereocenters. The van der Waals surface area contributed by atoms with Crippen molar-refractivity contribution in [2.45, 2.75) is 30.5 Å². The van der Waals surface area contributed by atoms with Crippen LogP contribution >= 0.6 is 0 Å². The van der Waals surface area contributed by atoms with Gasteiger partial charge in [-0.25, -0.2) is 4.79 Å². The van der Waals surface area contributed by atoms with Crippen LogP contribution in [0.1, 0.15) is 12.6 Å². The highest BCUT2D eigenvalue weighted by Gasteiger charge is 2.55. The summed E-state index contributed by atoms with van der Waals surface area (Å²) in [7, 11) is 0. The van der Waals surface area contributed by atoms with E-state index in [1.54, 1.807) is 0 Å². The Bertz CT molecular complexity index is 644. The van der Waals surface area contributed by atoms with Gasteiger partial charge in [0.15, 0.2) is 6.23 Å². The first-order valence-electron chi connectivity index (χ1n) is 5.85. The number of aromatic amines is 1. The van der Waals surface area contributed by atoms with Crippen molar-refractivity contribution in [3.8, 4) is 12.3 Å². The average Bonchev–Trinajstić information content (AvgIpc) is 2.63. The fraction of sp³-hybridized carbons (Fsp3) is 0.500. The maximum atomic E-state index is 11.7. The monoisotopic (exact) mass is 282 g/mol. The number of rotatable bonds is 3. The smallest absolute Gasteiger partial charge is 0.330 e. The third-order valence-electron chi connectivity index (χ3n) is 3.32. The lowest BCUT2D eigenvalue weighted by Gasteiger charge is -2.28. The van der Waals surface area contributed by atoms with Gasteiger partial charge in [0.05, 0.1) is 6.61 Å². The van der Waals surface area contributed by atoms with Gasteiger partial charge in [0.25, 0.3) is 5.56 Å². The van der Waals surface area contributed by atoms with Gasteiger partial charge >= 0.3 is 5.69 Å². The summed E-state index contributed by atoms with van der Waals surface area (Å²) in [5.41, 5.74) is -3.27. The Hall–Kier alpha value is -1.92. The maximum absolute atomic E-state index is 11.7. The van der Waals surface area contributed by atoms with E-state index in [2.05, 4.69) is 5.92 Å². The number of H-pyrrole nitrogens is 1. The molecule has 1 aliphatic heterocycles. The first-order valence-corrected chi connectivity index (χ1v) is 5.85. The van der Waals surface area contributed by atoms with E-state index < -0.39 is 41.9 Å². The van der Waals surface area contributed by atoms with Gasteiger partial charge in [0, 0.05) is 18.7 Å². The van der Waals surface area contributed by atoms with E-state index in [1.807, 2.05) is 4.98 Å². The lowest BCUT2D eigenvalue weighted by atomic mass is 9.89. The minimum atomic E-state index is -1.87. The van der Waals surface area contributed by atoms with E-state index in [9.17, 15) is 24.9 Å². The number of hydrogen-bond acceptors (Lipinski definition) is 6. The summed E-state index contributed by atoms with van der Waals surface area (Å²) in [6.45, 7) is -0.580. The molecule has 0 aromatic carbocycles. The molecule has 0 aliphatic carbocycles. The van der Waals surface area contributed by atoms with Gasteiger partial charge in [-0.3, -0.25) is 14.3 Å². The van der Waals surface area contributed by atoms with Gasteiger partial charge in [0.1, 0.15) is 17.8 Å². The summed E-state index contributed by atoms with van der Waals surface area (Å²) >= 11 is 0. The summed E-state index contributed by atoms with van der Waals surface area (Å²) in [4.78, 5) is 24.7. The second-order valence-corrected chi connectivity index (χ2v) is 4.53. The topological polar surface area (TPSA) is 125 Å². The largest absolute Gasteiger partial charge is 0.394 e. The van der Waals surface area contributed by atoms with Crippen LogP contribution in [0.3, 0.4) is 0 Å². The Morgan fingerprint density at radius 2 is 2.25 bits per heavy atom. The molecule has 0 bridgehead atoms. The van der Waals surface area contributed by atoms with Crippen LogP contribution in [0, 0.1) is 12.3 Å². The third-order valence-corrected chi connectivity index (χ3v) is 3.32. The zero-order valence-electron chi connectivity index (χ0n) is 10.4. The van der Waals surface area contributed by atoms with Gasteiger partial charge in [-0.1, -0.05) is 0 Å². The van der Waals surface area contributed by atoms with Crippen LogP contribution in [0.2, 0.25) is 0 Å². The normalized spacial score (nSPS) is 33.0. The second kappa shape index (κ2) is 5.22. The molecule has 0 radical (unpaired) electrons. The summed E-state index contributed by atoms with van der Waals surface area (Å²) < 4.78 is 6.21. The number of terminal acetylenes is 1. The summed E-state index contributed by atoms with van der Waals surface area (Å²) in [5, 5.41) is 29.7. The number of aliphatic hydroxyl groups is 3. The molecule has 20 heavy (non-hydrogen) atoms. The van der Waals surface area contributed by atoms with Gasteiger partial charge < -0.3 is 20.1 Å². The lowest BCUT2D eigenvalue weighted by Crippen LogP contribution is -2.49. The van der Waals surface area contributed by atoms with Gasteiger partial charge in [0.2, 0.25) is 0 Å². The molecule has 2 rings (SSSR count). The van der Waals surface area contributed by atoms with Crippen molar-refractivity contribution in [1.29, 1.82) is 0 Å². The van der Waals surface area contributed by atoms with Crippen LogP contribution in [0.15, 0.2) is 21.9 Å². The fourth-order valence-electron chi connectivity index (χ4n) is 2.23. The summed E-state index contributed by atoms with van der Waals surface area (Å²) in [6.07, 6.45) is 2.08. The highest BCUT2D eigenvalue weighted by molar-refractivity contribution is 5.09. The molecule has 108 valence electrons. The highest BCUT2D eigenvalue weighted by Crippen LogP contribution is 2.38. The molecule has 1 aromatic rings. The Kier molecular flexibility index (Phi) is 3.78. The van der Waals surface area contributed by atoms with Crippen molar-refractivity contribution in [3.63, 3.8) is 0 Å². The zero-order chi connectivity index (χ0) is 14.9. The van der Waals surface area contributed by atoms with Gasteiger partial charge in [-0.05, 0) is 0 Å². The van der Waals surface area contributed by atoms with E-state index in [0.717, 1.165) is 16.8 Å². The van der Waals surface area contributed by atoms with Crippen molar-refractivity contribution in [2.24, 2.45) is 0 Å². The molecular formula is C12H14N2O6. The summed E-state index contributed by atoms with van der Waals surface area (Å²) in [6, 6.07) is 1.07. The number of ether oxygens (including phenoxy) is 1. The molecule has 1 aliphatic rings. The number of hydrogen-bond donors (Lipinski definition) is 4. The Balaban J connectivity index is 2.43. The van der Waals surface area contributed by atoms with Crippen LogP contribution in [0.5, 0.6) is 0 Å². The van der Waals surface area contributed by atoms with E-state index in [1.165, 1.54) is 0 Å². The van der Waals surface area contributed by atoms with Crippen molar-refractivity contribution in [3.05, 3.63) is 33.1 Å². The van der Waals surface area contributed by atoms with Crippen LogP contribution < -0.4 is 11.2 Å². The first-order chi connectivity index (χ1) is 9.43. The van der Waals surface area contributed by atoms with Crippen LogP contribution in [0.4, 0.5) is 0 Å². The van der Waals surface area contributed by atoms with Crippen molar-refractivity contribution < 1.29 is 20.1 Å². The predicted octanol–water partition coefficient (Wildman–Crippen LogP) is -2.46. The van der Waals surface area contributed by atoms with Crippen LogP contribution in [-0.2, 0) is 4.74 Å². The molecule has 1 fully saturated rings. The van der Waals surface area contributed by atoms with E-state index in [4.69, 9.17) is 11.2 Å². The van der Waals surface area contributed by atoms with Gasteiger partial charge in [-0.2, -0.15) is 0 Å². The third kappa shape index (κ3) is 2.17. The van der Waals surface area contributed by atoms with E-state index in [-0.39, 0.29) is 6.42 Å². The number of nitrogens with one attached hydrogen (secondary N) is 1. The average molecular weight is 282 g/mol. The minimum absolute atomic E-state index is 0.256. The Morgan fingerprint density at radius 1 is 1.55 bits per heavy atom. The molecule has 0 spiro atoms. The van der Waals surface area contributed by atoms with Crippen molar-refractivity contribution in [1.82, 2.24) is 9.55 Å². The molecule has 2 heterocycles. The first kappa shape index (κ1) is 14.5. The molecule has 4 atom stereocenters. The van der Waals surface area contributed by atoms with Crippen molar-refractivity contribution in [2.75, 3.05) is 6.61 Å². The number of nitrogens with zero attached hydrogens (tertiary/aromatic N) is 1. The predicted molar refractivity (Wildman–Crippen MR) is 66.7 cm³/mol. The van der Waals surface area contributed by atoms with E-state index >= 15 is 0 Å². The highest BCUT2D eigenvalue weighted by atomic mass is 16.6. The van der Waals surface area contributed by atoms with Crippen molar-refractivity contribution >= 4 is 0 Å². The van der Waals surface area contributed by atoms with Gasteiger partial charge in [-0.15, -0.1) is 12.3 Å². The zero-order valence-corrected chi connectivity index (χ0v) is 10.4. The maximum Gasteiger partial charge on any atom is 0.330 e. The molecule has 8 heteroatoms. The number of aromatic nitrogens is 2.